The monoisotopic (exact) mass is 719 g/mol. The van der Waals surface area contributed by atoms with E-state index in [0.29, 0.717) is 52.1 Å². The third-order valence-electron chi connectivity index (χ3n) is 7.26. The van der Waals surface area contributed by atoms with Crippen LogP contribution in [0.1, 0.15) is 114 Å². The van der Waals surface area contributed by atoms with E-state index in [9.17, 15) is 19.2 Å². The van der Waals surface area contributed by atoms with Gasteiger partial charge >= 0.3 is 24.0 Å². The van der Waals surface area contributed by atoms with Gasteiger partial charge in [-0.15, -0.1) is 0 Å². The summed E-state index contributed by atoms with van der Waals surface area (Å²) >= 11 is 0. The number of aromatic nitrogens is 1. The van der Waals surface area contributed by atoms with Gasteiger partial charge < -0.3 is 24.3 Å². The van der Waals surface area contributed by atoms with Gasteiger partial charge in [-0.25, -0.2) is 4.79 Å². The molecule has 0 saturated heterocycles. The van der Waals surface area contributed by atoms with E-state index in [1.165, 1.54) is 0 Å². The topological polar surface area (TPSA) is 140 Å². The molecule has 2 rings (SSSR count). The molecule has 13 heteroatoms. The molecule has 1 aliphatic rings. The Morgan fingerprint density at radius 1 is 0.667 bits per heavy atom. The minimum absolute atomic E-state index is 0.0229. The third-order valence-corrected chi connectivity index (χ3v) is 7.26. The number of nitrogens with one attached hydrogen (secondary N) is 1. The van der Waals surface area contributed by atoms with E-state index in [-0.39, 0.29) is 43.6 Å². The van der Waals surface area contributed by atoms with Crippen molar-refractivity contribution in [3.8, 4) is 0 Å². The Morgan fingerprint density at radius 2 is 1.14 bits per heavy atom. The highest BCUT2D eigenvalue weighted by Crippen LogP contribution is 2.19. The number of pyridine rings is 1. The van der Waals surface area contributed by atoms with Crippen LogP contribution < -0.4 is 5.32 Å². The second-order valence-electron chi connectivity index (χ2n) is 17.3. The van der Waals surface area contributed by atoms with Crippen molar-refractivity contribution >= 4 is 24.0 Å². The Morgan fingerprint density at radius 3 is 1.67 bits per heavy atom. The number of rotatable bonds is 11. The van der Waals surface area contributed by atoms with Crippen LogP contribution in [0.3, 0.4) is 0 Å². The van der Waals surface area contributed by atoms with Crippen molar-refractivity contribution in [1.29, 1.82) is 0 Å². The quantitative estimate of drug-likeness (QED) is 0.185. The maximum Gasteiger partial charge on any atom is 0.407 e. The maximum absolute atomic E-state index is 13.3. The van der Waals surface area contributed by atoms with Gasteiger partial charge in [-0.05, 0) is 108 Å². The standard InChI is InChI=1S/C38H65N5O8/c1-35(2,3)48-31(44)25-41-20-21-42(26-32(45)49-36(4,5)6)24-30(18-13-14-19-39-34(47)51-38(10,11)12)43(27-33(46)50-37(7,8)9)23-29-17-15-16-28(22-41)40-29/h15-17,30H,13-14,18-27H2,1-12H3,(H,39,47). The van der Waals surface area contributed by atoms with Crippen LogP contribution in [0.2, 0.25) is 0 Å². The molecule has 0 radical (unpaired) electrons. The summed E-state index contributed by atoms with van der Waals surface area (Å²) in [6.07, 6.45) is 1.60. The zero-order valence-electron chi connectivity index (χ0n) is 33.3. The summed E-state index contributed by atoms with van der Waals surface area (Å²) in [7, 11) is 0. The molecule has 0 spiro atoms. The van der Waals surface area contributed by atoms with Gasteiger partial charge in [-0.2, -0.15) is 0 Å². The fourth-order valence-corrected chi connectivity index (χ4v) is 5.54. The van der Waals surface area contributed by atoms with Crippen LogP contribution in [0.4, 0.5) is 4.79 Å². The fraction of sp³-hybridized carbons (Fsp3) is 0.763. The van der Waals surface area contributed by atoms with E-state index in [0.717, 1.165) is 17.8 Å². The van der Waals surface area contributed by atoms with Gasteiger partial charge in [0.1, 0.15) is 22.4 Å². The SMILES string of the molecule is CC(C)(C)OC(=O)CN1CCN(CC(=O)OC(C)(C)C)CC(CCCCNC(=O)OC(C)(C)C)N(CC(=O)OC(C)(C)C)Cc2cccc(n2)C1. The summed E-state index contributed by atoms with van der Waals surface area (Å²) in [5, 5.41) is 2.82. The lowest BCUT2D eigenvalue weighted by Crippen LogP contribution is -2.50. The maximum atomic E-state index is 13.3. The molecule has 2 heterocycles. The smallest absolute Gasteiger partial charge is 0.407 e. The lowest BCUT2D eigenvalue weighted by molar-refractivity contribution is -0.159. The molecule has 13 nitrogen and oxygen atoms in total. The van der Waals surface area contributed by atoms with Gasteiger partial charge in [-0.3, -0.25) is 34.1 Å². The highest BCUT2D eigenvalue weighted by Gasteiger charge is 2.30. The molecule has 290 valence electrons. The Balaban J connectivity index is 2.46. The van der Waals surface area contributed by atoms with E-state index in [4.69, 9.17) is 23.9 Å². The number of carbonyl (C=O) groups excluding carboxylic acids is 4. The van der Waals surface area contributed by atoms with Crippen LogP contribution in [0, 0.1) is 0 Å². The van der Waals surface area contributed by atoms with Gasteiger partial charge in [-0.1, -0.05) is 12.5 Å². The Labute approximate surface area is 306 Å². The van der Waals surface area contributed by atoms with Crippen LogP contribution in [-0.4, -0.2) is 118 Å². The zero-order chi connectivity index (χ0) is 38.6. The molecular weight excluding hydrogens is 654 g/mol. The summed E-state index contributed by atoms with van der Waals surface area (Å²) in [5.41, 5.74) is -1.00. The molecule has 51 heavy (non-hydrogen) atoms. The van der Waals surface area contributed by atoms with Crippen molar-refractivity contribution in [2.75, 3.05) is 45.8 Å². The first-order valence-electron chi connectivity index (χ1n) is 18.1. The van der Waals surface area contributed by atoms with Crippen LogP contribution in [0.5, 0.6) is 0 Å². The number of unbranched alkanes of at least 4 members (excludes halogenated alkanes) is 1. The lowest BCUT2D eigenvalue weighted by Gasteiger charge is -2.37. The molecule has 2 bridgehead atoms. The number of fused-ring (bicyclic) bond motifs is 2. The predicted molar refractivity (Wildman–Crippen MR) is 196 cm³/mol. The van der Waals surface area contributed by atoms with Gasteiger partial charge in [0.15, 0.2) is 0 Å². The molecule has 0 aromatic carbocycles. The summed E-state index contributed by atoms with van der Waals surface area (Å²) in [6.45, 7) is 24.6. The van der Waals surface area contributed by atoms with Crippen LogP contribution in [-0.2, 0) is 46.4 Å². The summed E-state index contributed by atoms with van der Waals surface area (Å²) in [5.74, 6) is -1.06. The summed E-state index contributed by atoms with van der Waals surface area (Å²) < 4.78 is 22.5. The minimum atomic E-state index is -0.663. The fourth-order valence-electron chi connectivity index (χ4n) is 5.54. The first-order valence-corrected chi connectivity index (χ1v) is 18.1. The molecule has 0 aliphatic carbocycles. The number of alkyl carbamates (subject to hydrolysis) is 1. The molecular formula is C38H65N5O8. The molecule has 1 atom stereocenters. The zero-order valence-corrected chi connectivity index (χ0v) is 33.3. The number of ether oxygens (including phenoxy) is 4. The van der Waals surface area contributed by atoms with Gasteiger partial charge in [0.05, 0.1) is 31.0 Å². The van der Waals surface area contributed by atoms with Crippen LogP contribution in [0.15, 0.2) is 18.2 Å². The van der Waals surface area contributed by atoms with E-state index >= 15 is 0 Å². The minimum Gasteiger partial charge on any atom is -0.459 e. The van der Waals surface area contributed by atoms with Crippen molar-refractivity contribution in [3.05, 3.63) is 29.6 Å². The third kappa shape index (κ3) is 20.4. The summed E-state index contributed by atoms with van der Waals surface area (Å²) in [4.78, 5) is 62.8. The highest BCUT2D eigenvalue weighted by molar-refractivity contribution is 5.73. The molecule has 1 unspecified atom stereocenters. The van der Waals surface area contributed by atoms with E-state index in [1.807, 2.05) is 111 Å². The van der Waals surface area contributed by atoms with E-state index < -0.39 is 28.5 Å². The number of esters is 3. The number of hydrogen-bond donors (Lipinski definition) is 1. The number of amides is 1. The van der Waals surface area contributed by atoms with E-state index in [1.54, 1.807) is 0 Å². The first kappa shape index (κ1) is 43.9. The Bertz CT molecular complexity index is 1290. The van der Waals surface area contributed by atoms with Crippen molar-refractivity contribution in [1.82, 2.24) is 25.0 Å². The van der Waals surface area contributed by atoms with Crippen LogP contribution >= 0.6 is 0 Å². The second-order valence-corrected chi connectivity index (χ2v) is 17.3. The van der Waals surface area contributed by atoms with Crippen molar-refractivity contribution < 1.29 is 38.1 Å². The van der Waals surface area contributed by atoms with E-state index in [2.05, 4.69) is 10.2 Å². The average Bonchev–Trinajstić information content (AvgIpc) is 2.90. The predicted octanol–water partition coefficient (Wildman–Crippen LogP) is 5.09. The van der Waals surface area contributed by atoms with Gasteiger partial charge in [0, 0.05) is 45.3 Å². The number of carbonyl (C=O) groups is 4. The van der Waals surface area contributed by atoms with Crippen molar-refractivity contribution in [2.24, 2.45) is 0 Å². The summed E-state index contributed by atoms with van der Waals surface area (Å²) in [6, 6.07) is 5.58. The molecule has 1 amide bonds. The molecule has 0 fully saturated rings. The van der Waals surface area contributed by atoms with Gasteiger partial charge in [0.2, 0.25) is 0 Å². The molecule has 1 aromatic heterocycles. The first-order chi connectivity index (χ1) is 23.4. The highest BCUT2D eigenvalue weighted by atomic mass is 16.6. The Hall–Kier alpha value is -3.29. The Kier molecular flexibility index (Phi) is 16.3. The largest absolute Gasteiger partial charge is 0.459 e. The van der Waals surface area contributed by atoms with Crippen molar-refractivity contribution in [2.45, 2.75) is 144 Å². The second kappa shape index (κ2) is 19.0. The number of nitrogens with zero attached hydrogens (tertiary/aromatic N) is 4. The van der Waals surface area contributed by atoms with Crippen molar-refractivity contribution in [3.63, 3.8) is 0 Å². The average molecular weight is 720 g/mol. The molecule has 1 N–H and O–H groups in total. The normalized spacial score (nSPS) is 17.5. The van der Waals surface area contributed by atoms with Crippen LogP contribution in [0.25, 0.3) is 0 Å². The van der Waals surface area contributed by atoms with Gasteiger partial charge in [0.25, 0.3) is 0 Å². The number of hydrogen-bond acceptors (Lipinski definition) is 12. The molecule has 0 saturated carbocycles. The lowest BCUT2D eigenvalue weighted by atomic mass is 10.1. The molecule has 1 aliphatic heterocycles. The molecule has 1 aromatic rings.